The first-order valence-corrected chi connectivity index (χ1v) is 9.37. The molecule has 0 aromatic rings. The normalized spacial score (nSPS) is 31.7. The third-order valence-corrected chi connectivity index (χ3v) is 5.36. The highest BCUT2D eigenvalue weighted by molar-refractivity contribution is 14.1. The van der Waals surface area contributed by atoms with Crippen molar-refractivity contribution in [3.8, 4) is 0 Å². The van der Waals surface area contributed by atoms with Gasteiger partial charge in [-0.2, -0.15) is 0 Å². The second kappa shape index (κ2) is 7.40. The van der Waals surface area contributed by atoms with Gasteiger partial charge in [0.15, 0.2) is 3.84 Å². The molecule has 0 spiro atoms. The van der Waals surface area contributed by atoms with E-state index in [4.69, 9.17) is 10.7 Å². The number of rotatable bonds is 4. The Morgan fingerprint density at radius 3 is 2.90 bits per heavy atom. The van der Waals surface area contributed by atoms with Crippen LogP contribution in [-0.4, -0.2) is 33.3 Å². The SMILES string of the molecule is CCCCC1(C)CCCN2C(C(C)N)=NC(I)=NC2CC1. The molecule has 5 heteroatoms. The highest BCUT2D eigenvalue weighted by Crippen LogP contribution is 2.38. The molecule has 4 nitrogen and oxygen atoms in total. The van der Waals surface area contributed by atoms with E-state index in [-0.39, 0.29) is 12.2 Å². The number of hydrogen-bond donors (Lipinski definition) is 1. The fraction of sp³-hybridized carbons (Fsp3) is 0.875. The van der Waals surface area contributed by atoms with E-state index < -0.39 is 0 Å². The van der Waals surface area contributed by atoms with Gasteiger partial charge in [0.1, 0.15) is 12.0 Å². The van der Waals surface area contributed by atoms with Gasteiger partial charge in [-0.1, -0.05) is 26.7 Å². The van der Waals surface area contributed by atoms with Crippen molar-refractivity contribution in [3.63, 3.8) is 0 Å². The standard InChI is InChI=1S/C16H29IN4/c1-4-5-8-16(3)9-6-11-21-13(7-10-16)19-15(17)20-14(21)12(2)18/h12-13H,4-11,18H2,1-3H3. The first kappa shape index (κ1) is 17.2. The minimum atomic E-state index is -0.0151. The molecule has 3 atom stereocenters. The second-order valence-corrected chi connectivity index (χ2v) is 7.85. The van der Waals surface area contributed by atoms with Gasteiger partial charge >= 0.3 is 0 Å². The second-order valence-electron chi connectivity index (χ2n) is 6.89. The maximum absolute atomic E-state index is 6.11. The van der Waals surface area contributed by atoms with Crippen LogP contribution in [0.5, 0.6) is 0 Å². The third kappa shape index (κ3) is 4.41. The van der Waals surface area contributed by atoms with E-state index in [0.29, 0.717) is 5.41 Å². The summed E-state index contributed by atoms with van der Waals surface area (Å²) in [5, 5.41) is 0. The molecule has 0 amide bonds. The van der Waals surface area contributed by atoms with Gasteiger partial charge in [0.25, 0.3) is 0 Å². The Kier molecular flexibility index (Phi) is 6.05. The first-order chi connectivity index (χ1) is 9.95. The molecule has 2 aliphatic rings. The predicted octanol–water partition coefficient (Wildman–Crippen LogP) is 3.94. The number of nitrogens with zero attached hydrogens (tertiary/aromatic N) is 3. The van der Waals surface area contributed by atoms with Crippen LogP contribution in [-0.2, 0) is 0 Å². The van der Waals surface area contributed by atoms with Crippen LogP contribution in [0.1, 0.15) is 65.7 Å². The number of unbranched alkanes of at least 4 members (excludes halogenated alkanes) is 1. The first-order valence-electron chi connectivity index (χ1n) is 8.29. The Morgan fingerprint density at radius 2 is 2.24 bits per heavy atom. The average molecular weight is 404 g/mol. The lowest BCUT2D eigenvalue weighted by atomic mass is 9.75. The van der Waals surface area contributed by atoms with Crippen LogP contribution >= 0.6 is 22.6 Å². The van der Waals surface area contributed by atoms with E-state index >= 15 is 0 Å². The summed E-state index contributed by atoms with van der Waals surface area (Å²) in [7, 11) is 0. The summed E-state index contributed by atoms with van der Waals surface area (Å²) in [5.41, 5.74) is 6.61. The molecule has 21 heavy (non-hydrogen) atoms. The molecular formula is C16H29IN4. The largest absolute Gasteiger partial charge is 0.337 e. The summed E-state index contributed by atoms with van der Waals surface area (Å²) in [5.74, 6) is 1.02. The molecule has 2 heterocycles. The number of amidine groups is 2. The summed E-state index contributed by atoms with van der Waals surface area (Å²) in [4.78, 5) is 11.7. The van der Waals surface area contributed by atoms with E-state index in [1.54, 1.807) is 0 Å². The van der Waals surface area contributed by atoms with Crippen LogP contribution in [0.15, 0.2) is 9.98 Å². The highest BCUT2D eigenvalue weighted by atomic mass is 127. The topological polar surface area (TPSA) is 54.0 Å². The van der Waals surface area contributed by atoms with E-state index in [9.17, 15) is 0 Å². The maximum atomic E-state index is 6.11. The molecule has 3 unspecified atom stereocenters. The third-order valence-electron chi connectivity index (χ3n) is 4.84. The maximum Gasteiger partial charge on any atom is 0.189 e. The fourth-order valence-electron chi connectivity index (χ4n) is 3.51. The van der Waals surface area contributed by atoms with Crippen molar-refractivity contribution in [2.75, 3.05) is 6.54 Å². The highest BCUT2D eigenvalue weighted by Gasteiger charge is 2.33. The lowest BCUT2D eigenvalue weighted by molar-refractivity contribution is 0.159. The van der Waals surface area contributed by atoms with Gasteiger partial charge in [0.2, 0.25) is 0 Å². The molecule has 2 rings (SSSR count). The molecule has 2 aliphatic heterocycles. The zero-order chi connectivity index (χ0) is 15.5. The summed E-state index contributed by atoms with van der Waals surface area (Å²) < 4.78 is 0.858. The van der Waals surface area contributed by atoms with E-state index in [0.717, 1.165) is 22.6 Å². The number of fused-ring (bicyclic) bond motifs is 1. The van der Waals surface area contributed by atoms with Crippen molar-refractivity contribution < 1.29 is 0 Å². The molecule has 0 bridgehead atoms. The Morgan fingerprint density at radius 1 is 1.48 bits per heavy atom. The Labute approximate surface area is 142 Å². The number of nitrogens with two attached hydrogens (primary N) is 1. The molecule has 120 valence electrons. The van der Waals surface area contributed by atoms with Crippen molar-refractivity contribution in [3.05, 3.63) is 0 Å². The van der Waals surface area contributed by atoms with Gasteiger partial charge in [-0.25, -0.2) is 9.98 Å². The quantitative estimate of drug-likeness (QED) is 0.570. The molecule has 0 aromatic heterocycles. The lowest BCUT2D eigenvalue weighted by Crippen LogP contribution is -2.51. The summed E-state index contributed by atoms with van der Waals surface area (Å²) >= 11 is 2.23. The van der Waals surface area contributed by atoms with Crippen molar-refractivity contribution >= 4 is 32.3 Å². The van der Waals surface area contributed by atoms with Gasteiger partial charge in [-0.15, -0.1) is 0 Å². The summed E-state index contributed by atoms with van der Waals surface area (Å²) in [6.45, 7) is 7.82. The monoisotopic (exact) mass is 404 g/mol. The molecule has 1 fully saturated rings. The van der Waals surface area contributed by atoms with Crippen LogP contribution in [0.4, 0.5) is 0 Å². The minimum Gasteiger partial charge on any atom is -0.337 e. The number of halogens is 1. The van der Waals surface area contributed by atoms with Crippen LogP contribution in [0.25, 0.3) is 0 Å². The minimum absolute atomic E-state index is 0.0151. The smallest absolute Gasteiger partial charge is 0.189 e. The van der Waals surface area contributed by atoms with Crippen molar-refractivity contribution in [1.29, 1.82) is 0 Å². The lowest BCUT2D eigenvalue weighted by Gasteiger charge is -2.41. The van der Waals surface area contributed by atoms with Crippen molar-refractivity contribution in [2.45, 2.75) is 77.9 Å². The van der Waals surface area contributed by atoms with E-state index in [1.165, 1.54) is 38.5 Å². The Hall–Kier alpha value is -0.170. The van der Waals surface area contributed by atoms with Crippen LogP contribution < -0.4 is 5.73 Å². The van der Waals surface area contributed by atoms with Gasteiger partial charge in [-0.05, 0) is 44.4 Å². The van der Waals surface area contributed by atoms with Crippen LogP contribution in [0, 0.1) is 5.41 Å². The van der Waals surface area contributed by atoms with Gasteiger partial charge in [-0.3, -0.25) is 0 Å². The molecule has 1 saturated heterocycles. The zero-order valence-electron chi connectivity index (χ0n) is 13.6. The average Bonchev–Trinajstić information content (AvgIpc) is 2.42. The van der Waals surface area contributed by atoms with E-state index in [2.05, 4.69) is 46.3 Å². The van der Waals surface area contributed by atoms with Crippen molar-refractivity contribution in [2.24, 2.45) is 21.1 Å². The molecule has 2 N–H and O–H groups in total. The molecule has 0 aliphatic carbocycles. The summed E-state index contributed by atoms with van der Waals surface area (Å²) in [6.07, 6.45) is 9.15. The number of aliphatic imine (C=N–C) groups is 2. The van der Waals surface area contributed by atoms with Crippen LogP contribution in [0.3, 0.4) is 0 Å². The fourth-order valence-corrected chi connectivity index (χ4v) is 4.08. The van der Waals surface area contributed by atoms with Gasteiger partial charge in [0, 0.05) is 29.1 Å². The Balaban J connectivity index is 2.10. The molecule has 0 aromatic carbocycles. The number of hydrogen-bond acceptors (Lipinski definition) is 4. The van der Waals surface area contributed by atoms with Crippen LogP contribution in [0.2, 0.25) is 0 Å². The molecular weight excluding hydrogens is 375 g/mol. The van der Waals surface area contributed by atoms with Crippen molar-refractivity contribution in [1.82, 2.24) is 4.90 Å². The van der Waals surface area contributed by atoms with Gasteiger partial charge < -0.3 is 10.6 Å². The predicted molar refractivity (Wildman–Crippen MR) is 99.1 cm³/mol. The van der Waals surface area contributed by atoms with E-state index in [1.807, 2.05) is 6.92 Å². The summed E-state index contributed by atoms with van der Waals surface area (Å²) in [6, 6.07) is -0.0151. The molecule has 0 radical (unpaired) electrons. The molecule has 0 saturated carbocycles. The van der Waals surface area contributed by atoms with Gasteiger partial charge in [0.05, 0.1) is 6.04 Å². The Bertz CT molecular complexity index is 419. The zero-order valence-corrected chi connectivity index (χ0v) is 15.8.